The minimum absolute atomic E-state index is 0.175. The molecular weight excluding hydrogens is 332 g/mol. The topological polar surface area (TPSA) is 99.9 Å². The highest BCUT2D eigenvalue weighted by atomic mass is 16.5. The third kappa shape index (κ3) is 3.11. The number of aryl methyl sites for hydroxylation is 1. The zero-order valence-corrected chi connectivity index (χ0v) is 14.7. The van der Waals surface area contributed by atoms with Crippen molar-refractivity contribution in [2.24, 2.45) is 0 Å². The molecule has 1 aromatic carbocycles. The van der Waals surface area contributed by atoms with E-state index in [1.165, 1.54) is 5.56 Å². The lowest BCUT2D eigenvalue weighted by molar-refractivity contribution is 0.0955. The molecule has 4 rings (SSSR count). The van der Waals surface area contributed by atoms with E-state index in [0.29, 0.717) is 30.5 Å². The molecule has 3 heterocycles. The predicted octanol–water partition coefficient (Wildman–Crippen LogP) is 1.69. The van der Waals surface area contributed by atoms with Crippen LogP contribution < -0.4 is 5.32 Å². The van der Waals surface area contributed by atoms with Gasteiger partial charge in [-0.1, -0.05) is 22.9 Å². The van der Waals surface area contributed by atoms with E-state index in [1.54, 1.807) is 7.05 Å². The van der Waals surface area contributed by atoms with Gasteiger partial charge in [0.2, 0.25) is 0 Å². The fraction of sp³-hybridized carbons (Fsp3) is 0.333. The zero-order valence-electron chi connectivity index (χ0n) is 14.7. The molecule has 1 amide bonds. The summed E-state index contributed by atoms with van der Waals surface area (Å²) in [5, 5.41) is 13.8. The van der Waals surface area contributed by atoms with Crippen molar-refractivity contribution in [1.82, 2.24) is 30.6 Å². The van der Waals surface area contributed by atoms with Crippen molar-refractivity contribution in [1.29, 1.82) is 0 Å². The third-order valence-electron chi connectivity index (χ3n) is 4.59. The molecule has 0 saturated carbocycles. The molecule has 0 atom stereocenters. The Labute approximate surface area is 150 Å². The fourth-order valence-corrected chi connectivity index (χ4v) is 3.12. The van der Waals surface area contributed by atoms with Gasteiger partial charge in [0, 0.05) is 43.4 Å². The molecule has 0 aliphatic carbocycles. The third-order valence-corrected chi connectivity index (χ3v) is 4.59. The van der Waals surface area contributed by atoms with Gasteiger partial charge in [0.15, 0.2) is 11.5 Å². The molecule has 0 fully saturated rings. The van der Waals surface area contributed by atoms with Crippen molar-refractivity contribution < 1.29 is 9.32 Å². The van der Waals surface area contributed by atoms with Gasteiger partial charge in [0.25, 0.3) is 11.8 Å². The van der Waals surface area contributed by atoms with Crippen molar-refractivity contribution in [2.45, 2.75) is 26.4 Å². The number of nitrogens with one attached hydrogen (secondary N) is 2. The zero-order chi connectivity index (χ0) is 18.1. The van der Waals surface area contributed by atoms with Crippen LogP contribution in [0.1, 0.15) is 33.1 Å². The molecule has 8 heteroatoms. The molecule has 2 aromatic heterocycles. The van der Waals surface area contributed by atoms with Crippen LogP contribution in [0, 0.1) is 6.92 Å². The second-order valence-electron chi connectivity index (χ2n) is 6.45. The summed E-state index contributed by atoms with van der Waals surface area (Å²) in [6.45, 7) is 4.07. The monoisotopic (exact) mass is 352 g/mol. The first kappa shape index (κ1) is 16.5. The number of aromatic nitrogens is 4. The molecule has 1 aliphatic rings. The molecule has 0 saturated heterocycles. The standard InChI is InChI=1S/C18H20N6O2/c1-11-3-5-12(6-4-11)18-20-15(23-26-18)10-24-8-7-14-13(9-24)16(22-21-14)17(25)19-2/h3-6H,7-10H2,1-2H3,(H,19,25)(H,21,22). The Kier molecular flexibility index (Phi) is 4.26. The van der Waals surface area contributed by atoms with Crippen LogP contribution in [0.5, 0.6) is 0 Å². The number of fused-ring (bicyclic) bond motifs is 1. The second-order valence-corrected chi connectivity index (χ2v) is 6.45. The van der Waals surface area contributed by atoms with Crippen molar-refractivity contribution >= 4 is 5.91 Å². The van der Waals surface area contributed by atoms with Crippen LogP contribution in [0.4, 0.5) is 0 Å². The number of hydrogen-bond acceptors (Lipinski definition) is 6. The van der Waals surface area contributed by atoms with E-state index in [1.807, 2.05) is 31.2 Å². The number of benzene rings is 1. The molecule has 8 nitrogen and oxygen atoms in total. The van der Waals surface area contributed by atoms with E-state index in [2.05, 4.69) is 30.6 Å². The molecular formula is C18H20N6O2. The summed E-state index contributed by atoms with van der Waals surface area (Å²) < 4.78 is 5.40. The maximum atomic E-state index is 11.9. The number of carbonyl (C=O) groups is 1. The second kappa shape index (κ2) is 6.72. The van der Waals surface area contributed by atoms with Crippen LogP contribution in [0.3, 0.4) is 0 Å². The highest BCUT2D eigenvalue weighted by molar-refractivity contribution is 5.93. The van der Waals surface area contributed by atoms with Gasteiger partial charge in [-0.25, -0.2) is 0 Å². The highest BCUT2D eigenvalue weighted by Gasteiger charge is 2.25. The first-order valence-corrected chi connectivity index (χ1v) is 8.54. The van der Waals surface area contributed by atoms with Crippen LogP contribution in [-0.2, 0) is 19.5 Å². The van der Waals surface area contributed by atoms with Gasteiger partial charge in [0.1, 0.15) is 0 Å². The number of carbonyl (C=O) groups excluding carboxylic acids is 1. The Morgan fingerprint density at radius 2 is 2.15 bits per heavy atom. The van der Waals surface area contributed by atoms with Gasteiger partial charge < -0.3 is 9.84 Å². The molecule has 2 N–H and O–H groups in total. The minimum atomic E-state index is -0.175. The molecule has 1 aliphatic heterocycles. The molecule has 0 radical (unpaired) electrons. The quantitative estimate of drug-likeness (QED) is 0.741. The lowest BCUT2D eigenvalue weighted by Gasteiger charge is -2.25. The average molecular weight is 352 g/mol. The van der Waals surface area contributed by atoms with Crippen LogP contribution in [-0.4, -0.2) is 44.7 Å². The Hall–Kier alpha value is -3.00. The molecule has 3 aromatic rings. The lowest BCUT2D eigenvalue weighted by atomic mass is 10.0. The summed E-state index contributed by atoms with van der Waals surface area (Å²) in [5.74, 6) is 0.978. The van der Waals surface area contributed by atoms with Gasteiger partial charge in [-0.05, 0) is 19.1 Å². The first-order chi connectivity index (χ1) is 12.6. The SMILES string of the molecule is CNC(=O)c1n[nH]c2c1CN(Cc1noc(-c3ccc(C)cc3)n1)CC2. The summed E-state index contributed by atoms with van der Waals surface area (Å²) in [5.41, 5.74) is 4.52. The number of nitrogens with zero attached hydrogens (tertiary/aromatic N) is 4. The number of rotatable bonds is 4. The van der Waals surface area contributed by atoms with Crippen LogP contribution >= 0.6 is 0 Å². The lowest BCUT2D eigenvalue weighted by Crippen LogP contribution is -2.31. The highest BCUT2D eigenvalue weighted by Crippen LogP contribution is 2.22. The summed E-state index contributed by atoms with van der Waals surface area (Å²) in [6.07, 6.45) is 0.808. The van der Waals surface area contributed by atoms with E-state index >= 15 is 0 Å². The number of H-pyrrole nitrogens is 1. The van der Waals surface area contributed by atoms with Gasteiger partial charge in [0.05, 0.1) is 6.54 Å². The maximum Gasteiger partial charge on any atom is 0.271 e. The molecule has 134 valence electrons. The Balaban J connectivity index is 1.48. The minimum Gasteiger partial charge on any atom is -0.354 e. The van der Waals surface area contributed by atoms with Gasteiger partial charge in [-0.3, -0.25) is 14.8 Å². The van der Waals surface area contributed by atoms with E-state index in [-0.39, 0.29) is 5.91 Å². The summed E-state index contributed by atoms with van der Waals surface area (Å²) in [6, 6.07) is 7.98. The van der Waals surface area contributed by atoms with E-state index in [9.17, 15) is 4.79 Å². The number of hydrogen-bond donors (Lipinski definition) is 2. The largest absolute Gasteiger partial charge is 0.354 e. The number of aromatic amines is 1. The Morgan fingerprint density at radius 3 is 2.92 bits per heavy atom. The number of amides is 1. The maximum absolute atomic E-state index is 11.9. The van der Waals surface area contributed by atoms with Crippen molar-refractivity contribution in [3.8, 4) is 11.5 Å². The van der Waals surface area contributed by atoms with E-state index in [4.69, 9.17) is 4.52 Å². The summed E-state index contributed by atoms with van der Waals surface area (Å²) >= 11 is 0. The van der Waals surface area contributed by atoms with Gasteiger partial charge in [-0.2, -0.15) is 10.1 Å². The Bertz CT molecular complexity index is 928. The van der Waals surface area contributed by atoms with Crippen molar-refractivity contribution in [3.63, 3.8) is 0 Å². The van der Waals surface area contributed by atoms with Crippen molar-refractivity contribution in [2.75, 3.05) is 13.6 Å². The fourth-order valence-electron chi connectivity index (χ4n) is 3.12. The average Bonchev–Trinajstić information content (AvgIpc) is 3.28. The van der Waals surface area contributed by atoms with Gasteiger partial charge >= 0.3 is 0 Å². The van der Waals surface area contributed by atoms with E-state index in [0.717, 1.165) is 29.8 Å². The Morgan fingerprint density at radius 1 is 1.35 bits per heavy atom. The van der Waals surface area contributed by atoms with Crippen LogP contribution in [0.15, 0.2) is 28.8 Å². The normalized spacial score (nSPS) is 14.2. The smallest absolute Gasteiger partial charge is 0.271 e. The van der Waals surface area contributed by atoms with Crippen molar-refractivity contribution in [3.05, 3.63) is 52.6 Å². The molecule has 0 spiro atoms. The van der Waals surface area contributed by atoms with Gasteiger partial charge in [-0.15, -0.1) is 0 Å². The molecule has 26 heavy (non-hydrogen) atoms. The molecule has 0 bridgehead atoms. The van der Waals surface area contributed by atoms with Crippen LogP contribution in [0.2, 0.25) is 0 Å². The first-order valence-electron chi connectivity index (χ1n) is 8.54. The molecule has 0 unspecified atom stereocenters. The predicted molar refractivity (Wildman–Crippen MR) is 94.3 cm³/mol. The van der Waals surface area contributed by atoms with E-state index < -0.39 is 0 Å². The summed E-state index contributed by atoms with van der Waals surface area (Å²) in [4.78, 5) is 18.6. The summed E-state index contributed by atoms with van der Waals surface area (Å²) in [7, 11) is 1.61. The van der Waals surface area contributed by atoms with Crippen LogP contribution in [0.25, 0.3) is 11.5 Å².